The van der Waals surface area contributed by atoms with Gasteiger partial charge in [-0.25, -0.2) is 9.59 Å². The second kappa shape index (κ2) is 11.8. The summed E-state index contributed by atoms with van der Waals surface area (Å²) in [5.41, 5.74) is 1.44. The number of carbonyl (C=O) groups is 3. The van der Waals surface area contributed by atoms with Crippen molar-refractivity contribution in [1.29, 1.82) is 0 Å². The molecule has 2 rings (SSSR count). The molecule has 0 spiro atoms. The molecule has 0 N–H and O–H groups in total. The zero-order valence-electron chi connectivity index (χ0n) is 17.1. The molecule has 1 heterocycles. The largest absolute Gasteiger partial charge is 0.468 e. The van der Waals surface area contributed by atoms with E-state index in [-0.39, 0.29) is 11.2 Å². The minimum atomic E-state index is -0.694. The molecule has 0 aliphatic carbocycles. The first kappa shape index (κ1) is 24.0. The van der Waals surface area contributed by atoms with Crippen molar-refractivity contribution in [2.75, 3.05) is 40.2 Å². The van der Waals surface area contributed by atoms with Crippen LogP contribution in [0.3, 0.4) is 0 Å². The lowest BCUT2D eigenvalue weighted by molar-refractivity contribution is -0.147. The number of amides is 1. The molecule has 164 valence electrons. The maximum Gasteiger partial charge on any atom is 0.410 e. The van der Waals surface area contributed by atoms with Crippen LogP contribution < -0.4 is 0 Å². The molecule has 2 atom stereocenters. The van der Waals surface area contributed by atoms with Crippen LogP contribution in [0.5, 0.6) is 0 Å². The zero-order valence-corrected chi connectivity index (χ0v) is 18.6. The Balaban J connectivity index is 2.17. The SMILES string of the molecule is COC(=O)[C@H](c1ccccc1Cl)N1CCC(SCOC(=O)N(C)C)/C(=C\OC=O)C1. The van der Waals surface area contributed by atoms with E-state index in [0.717, 1.165) is 5.57 Å². The molecule has 1 unspecified atom stereocenters. The maximum atomic E-state index is 12.6. The summed E-state index contributed by atoms with van der Waals surface area (Å²) < 4.78 is 15.1. The second-order valence-corrected chi connectivity index (χ2v) is 8.25. The van der Waals surface area contributed by atoms with Gasteiger partial charge in [-0.05, 0) is 23.6 Å². The zero-order chi connectivity index (χ0) is 22.1. The predicted octanol–water partition coefficient (Wildman–Crippen LogP) is 3.07. The van der Waals surface area contributed by atoms with Crippen LogP contribution >= 0.6 is 23.4 Å². The molecule has 1 fully saturated rings. The van der Waals surface area contributed by atoms with Crippen molar-refractivity contribution in [2.24, 2.45) is 0 Å². The number of carbonyl (C=O) groups excluding carboxylic acids is 3. The molecular formula is C20H25ClN2O6S. The van der Waals surface area contributed by atoms with Gasteiger partial charge < -0.3 is 19.1 Å². The van der Waals surface area contributed by atoms with Crippen LogP contribution in [-0.4, -0.2) is 73.8 Å². The van der Waals surface area contributed by atoms with Crippen LogP contribution in [0.4, 0.5) is 4.79 Å². The first-order valence-corrected chi connectivity index (χ1v) is 10.6. The number of hydrogen-bond donors (Lipinski definition) is 0. The summed E-state index contributed by atoms with van der Waals surface area (Å²) in [7, 11) is 4.55. The highest BCUT2D eigenvalue weighted by atomic mass is 35.5. The first-order chi connectivity index (χ1) is 14.4. The number of ether oxygens (including phenoxy) is 3. The number of hydrogen-bond acceptors (Lipinski definition) is 8. The summed E-state index contributed by atoms with van der Waals surface area (Å²) in [5, 5.41) is 0.426. The molecule has 0 saturated carbocycles. The second-order valence-electron chi connectivity index (χ2n) is 6.71. The van der Waals surface area contributed by atoms with Crippen LogP contribution in [0.2, 0.25) is 5.02 Å². The fraction of sp³-hybridized carbons (Fsp3) is 0.450. The van der Waals surface area contributed by atoms with Crippen molar-refractivity contribution in [3.63, 3.8) is 0 Å². The number of esters is 1. The average Bonchev–Trinajstić information content (AvgIpc) is 2.74. The Bertz CT molecular complexity index is 788. The molecule has 10 heteroatoms. The third-order valence-electron chi connectivity index (χ3n) is 4.56. The number of rotatable bonds is 8. The Hall–Kier alpha value is -2.23. The third-order valence-corrected chi connectivity index (χ3v) is 6.10. The van der Waals surface area contributed by atoms with E-state index in [4.69, 9.17) is 25.8 Å². The highest BCUT2D eigenvalue weighted by Crippen LogP contribution is 2.35. The lowest BCUT2D eigenvalue weighted by atomic mass is 9.99. The van der Waals surface area contributed by atoms with Gasteiger partial charge in [-0.3, -0.25) is 9.69 Å². The van der Waals surface area contributed by atoms with E-state index in [1.165, 1.54) is 30.0 Å². The molecule has 1 aromatic rings. The molecule has 0 aromatic heterocycles. The number of methoxy groups -OCH3 is 1. The number of likely N-dealkylation sites (tertiary alicyclic amines) is 1. The summed E-state index contributed by atoms with van der Waals surface area (Å²) in [4.78, 5) is 38.2. The number of piperidine rings is 1. The van der Waals surface area contributed by atoms with E-state index < -0.39 is 18.1 Å². The van der Waals surface area contributed by atoms with Crippen molar-refractivity contribution >= 4 is 41.9 Å². The van der Waals surface area contributed by atoms with Crippen LogP contribution in [0.15, 0.2) is 36.1 Å². The molecule has 1 aliphatic heterocycles. The van der Waals surface area contributed by atoms with E-state index in [0.29, 0.717) is 36.6 Å². The number of nitrogens with zero attached hydrogens (tertiary/aromatic N) is 2. The lowest BCUT2D eigenvalue weighted by Gasteiger charge is -2.37. The van der Waals surface area contributed by atoms with Gasteiger partial charge in [-0.2, -0.15) is 0 Å². The molecule has 1 aliphatic rings. The summed E-state index contributed by atoms with van der Waals surface area (Å²) >= 11 is 7.76. The van der Waals surface area contributed by atoms with E-state index >= 15 is 0 Å². The standard InChI is InChI=1S/C20H25ClN2O6S/c1-22(2)20(26)29-13-30-17-8-9-23(10-14(17)11-28-12-24)18(19(25)27-3)15-6-4-5-7-16(15)21/h4-7,11-12,17-18H,8-10,13H2,1-3H3/b14-11-/t17?,18-/m0/s1. The van der Waals surface area contributed by atoms with Crippen molar-refractivity contribution in [3.05, 3.63) is 46.7 Å². The fourth-order valence-corrected chi connectivity index (χ4v) is 4.29. The summed E-state index contributed by atoms with van der Waals surface area (Å²) in [6, 6.07) is 6.42. The molecule has 1 saturated heterocycles. The van der Waals surface area contributed by atoms with Gasteiger partial charge >= 0.3 is 12.1 Å². The van der Waals surface area contributed by atoms with Gasteiger partial charge in [0.1, 0.15) is 12.0 Å². The van der Waals surface area contributed by atoms with Gasteiger partial charge in [0.05, 0.1) is 13.4 Å². The number of halogens is 1. The quantitative estimate of drug-likeness (QED) is 0.194. The lowest BCUT2D eigenvalue weighted by Crippen LogP contribution is -2.43. The van der Waals surface area contributed by atoms with Crippen LogP contribution in [0.1, 0.15) is 18.0 Å². The molecule has 0 radical (unpaired) electrons. The van der Waals surface area contributed by atoms with Crippen LogP contribution in [-0.2, 0) is 23.8 Å². The Morgan fingerprint density at radius 1 is 1.37 bits per heavy atom. The van der Waals surface area contributed by atoms with Crippen LogP contribution in [0, 0.1) is 0 Å². The summed E-state index contributed by atoms with van der Waals surface area (Å²) in [5.74, 6) is -0.268. The van der Waals surface area contributed by atoms with Crippen molar-refractivity contribution < 1.29 is 28.6 Å². The van der Waals surface area contributed by atoms with Crippen LogP contribution in [0.25, 0.3) is 0 Å². The Morgan fingerprint density at radius 2 is 2.10 bits per heavy atom. The highest BCUT2D eigenvalue weighted by molar-refractivity contribution is 7.99. The highest BCUT2D eigenvalue weighted by Gasteiger charge is 2.35. The summed E-state index contributed by atoms with van der Waals surface area (Å²) in [6.07, 6.45) is 1.60. The topological polar surface area (TPSA) is 85.4 Å². The van der Waals surface area contributed by atoms with Crippen molar-refractivity contribution in [1.82, 2.24) is 9.80 Å². The molecular weight excluding hydrogens is 432 g/mol. The minimum absolute atomic E-state index is 0.0410. The Labute approximate surface area is 185 Å². The molecule has 30 heavy (non-hydrogen) atoms. The van der Waals surface area contributed by atoms with Gasteiger partial charge in [-0.1, -0.05) is 29.8 Å². The van der Waals surface area contributed by atoms with Gasteiger partial charge in [-0.15, -0.1) is 11.8 Å². The fourth-order valence-electron chi connectivity index (χ4n) is 3.10. The molecule has 1 aromatic carbocycles. The van der Waals surface area contributed by atoms with Crippen molar-refractivity contribution in [2.45, 2.75) is 17.7 Å². The Morgan fingerprint density at radius 3 is 2.73 bits per heavy atom. The monoisotopic (exact) mass is 456 g/mol. The minimum Gasteiger partial charge on any atom is -0.468 e. The average molecular weight is 457 g/mol. The van der Waals surface area contributed by atoms with E-state index in [2.05, 4.69) is 0 Å². The van der Waals surface area contributed by atoms with E-state index in [9.17, 15) is 14.4 Å². The number of benzene rings is 1. The Kier molecular flexibility index (Phi) is 9.48. The van der Waals surface area contributed by atoms with Gasteiger partial charge in [0.25, 0.3) is 6.47 Å². The molecule has 8 nitrogen and oxygen atoms in total. The normalized spacial score (nSPS) is 19.1. The van der Waals surface area contributed by atoms with E-state index in [1.54, 1.807) is 32.3 Å². The van der Waals surface area contributed by atoms with E-state index in [1.807, 2.05) is 11.0 Å². The molecule has 1 amide bonds. The first-order valence-electron chi connectivity index (χ1n) is 9.19. The molecule has 0 bridgehead atoms. The maximum absolute atomic E-state index is 12.6. The van der Waals surface area contributed by atoms with Gasteiger partial charge in [0.2, 0.25) is 0 Å². The number of thioether (sulfide) groups is 1. The van der Waals surface area contributed by atoms with Crippen molar-refractivity contribution in [3.8, 4) is 0 Å². The van der Waals surface area contributed by atoms with Gasteiger partial charge in [0.15, 0.2) is 0 Å². The summed E-state index contributed by atoms with van der Waals surface area (Å²) in [6.45, 7) is 1.27. The third kappa shape index (κ3) is 6.38. The van der Waals surface area contributed by atoms with Gasteiger partial charge in [0, 0.05) is 37.5 Å². The smallest absolute Gasteiger partial charge is 0.410 e. The predicted molar refractivity (Wildman–Crippen MR) is 114 cm³/mol.